The van der Waals surface area contributed by atoms with E-state index < -0.39 is 0 Å². The first-order valence-electron chi connectivity index (χ1n) is 9.55. The number of aromatic amines is 1. The molecule has 2 aromatic carbocycles. The smallest absolute Gasteiger partial charge is 0.273 e. The van der Waals surface area contributed by atoms with Gasteiger partial charge in [0.2, 0.25) is 0 Å². The van der Waals surface area contributed by atoms with Crippen molar-refractivity contribution in [2.24, 2.45) is 0 Å². The predicted molar refractivity (Wildman–Crippen MR) is 116 cm³/mol. The summed E-state index contributed by atoms with van der Waals surface area (Å²) < 4.78 is 5.16. The Morgan fingerprint density at radius 1 is 1.23 bits per heavy atom. The molecule has 30 heavy (non-hydrogen) atoms. The maximum atomic E-state index is 13.2. The molecule has 156 valence electrons. The Balaban J connectivity index is 1.86. The first-order valence-corrected chi connectivity index (χ1v) is 10.3. The van der Waals surface area contributed by atoms with Gasteiger partial charge in [-0.3, -0.25) is 9.89 Å². The van der Waals surface area contributed by atoms with E-state index in [1.807, 2.05) is 19.1 Å². The Hall–Kier alpha value is -2.54. The fourth-order valence-corrected chi connectivity index (χ4v) is 4.15. The number of hydrogen-bond acceptors (Lipinski definition) is 4. The molecule has 0 bridgehead atoms. The van der Waals surface area contributed by atoms with Crippen LogP contribution in [0.25, 0.3) is 11.3 Å². The lowest BCUT2D eigenvalue weighted by molar-refractivity contribution is 0.0723. The molecule has 1 aliphatic rings. The number of aryl methyl sites for hydroxylation is 1. The number of fused-ring (bicyclic) bond motifs is 1. The van der Waals surface area contributed by atoms with Crippen LogP contribution in [0.2, 0.25) is 10.0 Å². The second kappa shape index (κ2) is 8.30. The van der Waals surface area contributed by atoms with Gasteiger partial charge in [-0.2, -0.15) is 5.10 Å². The summed E-state index contributed by atoms with van der Waals surface area (Å²) in [7, 11) is 1.64. The van der Waals surface area contributed by atoms with Crippen LogP contribution in [0.3, 0.4) is 0 Å². The van der Waals surface area contributed by atoms with Gasteiger partial charge in [-0.1, -0.05) is 35.3 Å². The number of carbonyl (C=O) groups excluding carboxylic acids is 1. The van der Waals surface area contributed by atoms with E-state index in [0.717, 1.165) is 16.7 Å². The summed E-state index contributed by atoms with van der Waals surface area (Å²) in [4.78, 5) is 15.0. The van der Waals surface area contributed by atoms with E-state index in [1.54, 1.807) is 36.3 Å². The number of phenols is 1. The number of nitrogens with zero attached hydrogens (tertiary/aromatic N) is 2. The molecule has 1 amide bonds. The minimum absolute atomic E-state index is 0.0614. The molecule has 0 saturated carbocycles. The second-order valence-electron chi connectivity index (χ2n) is 7.28. The van der Waals surface area contributed by atoms with Crippen LogP contribution in [0.5, 0.6) is 5.75 Å². The van der Waals surface area contributed by atoms with E-state index in [4.69, 9.17) is 27.9 Å². The van der Waals surface area contributed by atoms with E-state index in [-0.39, 0.29) is 17.7 Å². The SMILES string of the molecule is COCCCN1C(=O)c2[nH]nc(-c3cc(Cl)c(C)cc3O)c2C1c1ccc(Cl)cc1. The number of methoxy groups -OCH3 is 1. The maximum Gasteiger partial charge on any atom is 0.273 e. The summed E-state index contributed by atoms with van der Waals surface area (Å²) >= 11 is 12.4. The molecule has 4 rings (SSSR count). The first-order chi connectivity index (χ1) is 14.4. The zero-order valence-corrected chi connectivity index (χ0v) is 18.1. The zero-order valence-electron chi connectivity index (χ0n) is 16.6. The number of hydrogen-bond donors (Lipinski definition) is 2. The fraction of sp³-hybridized carbons (Fsp3) is 0.273. The molecule has 1 aromatic heterocycles. The van der Waals surface area contributed by atoms with Crippen LogP contribution in [0, 0.1) is 6.92 Å². The van der Waals surface area contributed by atoms with Crippen molar-refractivity contribution in [1.82, 2.24) is 15.1 Å². The lowest BCUT2D eigenvalue weighted by Crippen LogP contribution is -2.31. The molecule has 0 aliphatic carbocycles. The normalized spacial score (nSPS) is 15.7. The summed E-state index contributed by atoms with van der Waals surface area (Å²) in [5.41, 5.74) is 3.79. The minimum atomic E-state index is -0.366. The largest absolute Gasteiger partial charge is 0.507 e. The van der Waals surface area contributed by atoms with Crippen LogP contribution >= 0.6 is 23.2 Å². The van der Waals surface area contributed by atoms with Crippen molar-refractivity contribution in [3.05, 3.63) is 68.8 Å². The van der Waals surface area contributed by atoms with Gasteiger partial charge in [0.25, 0.3) is 5.91 Å². The van der Waals surface area contributed by atoms with Crippen molar-refractivity contribution < 1.29 is 14.6 Å². The van der Waals surface area contributed by atoms with Crippen molar-refractivity contribution in [2.45, 2.75) is 19.4 Å². The van der Waals surface area contributed by atoms with Gasteiger partial charge < -0.3 is 14.7 Å². The highest BCUT2D eigenvalue weighted by Gasteiger charge is 2.42. The van der Waals surface area contributed by atoms with Crippen molar-refractivity contribution in [2.75, 3.05) is 20.3 Å². The van der Waals surface area contributed by atoms with Gasteiger partial charge in [0.15, 0.2) is 0 Å². The highest BCUT2D eigenvalue weighted by Crippen LogP contribution is 2.45. The fourth-order valence-electron chi connectivity index (χ4n) is 3.86. The van der Waals surface area contributed by atoms with Gasteiger partial charge in [0.05, 0.1) is 6.04 Å². The lowest BCUT2D eigenvalue weighted by Gasteiger charge is -2.26. The van der Waals surface area contributed by atoms with Gasteiger partial charge in [0.1, 0.15) is 17.1 Å². The molecule has 0 saturated heterocycles. The zero-order chi connectivity index (χ0) is 21.4. The van der Waals surface area contributed by atoms with Gasteiger partial charge >= 0.3 is 0 Å². The average molecular weight is 446 g/mol. The van der Waals surface area contributed by atoms with Crippen LogP contribution in [0.15, 0.2) is 36.4 Å². The van der Waals surface area contributed by atoms with Crippen molar-refractivity contribution in [3.8, 4) is 17.0 Å². The van der Waals surface area contributed by atoms with Gasteiger partial charge in [0, 0.05) is 41.4 Å². The highest BCUT2D eigenvalue weighted by atomic mass is 35.5. The molecular weight excluding hydrogens is 425 g/mol. The Kier molecular flexibility index (Phi) is 5.73. The Morgan fingerprint density at radius 3 is 2.67 bits per heavy atom. The molecule has 8 heteroatoms. The molecule has 6 nitrogen and oxygen atoms in total. The molecular formula is C22H21Cl2N3O3. The molecule has 0 fully saturated rings. The van der Waals surface area contributed by atoms with E-state index in [1.165, 1.54) is 0 Å². The van der Waals surface area contributed by atoms with E-state index >= 15 is 0 Å². The monoisotopic (exact) mass is 445 g/mol. The third-order valence-electron chi connectivity index (χ3n) is 5.33. The molecule has 2 heterocycles. The van der Waals surface area contributed by atoms with Crippen LogP contribution in [-0.4, -0.2) is 46.4 Å². The van der Waals surface area contributed by atoms with Crippen molar-refractivity contribution >= 4 is 29.1 Å². The standard InChI is InChI=1S/C22H21Cl2N3O3/c1-12-10-17(28)15(11-16(12)24)19-18-20(26-25-19)22(29)27(8-3-9-30-2)21(18)13-4-6-14(23)7-5-13/h4-7,10-11,21,28H,3,8-9H2,1-2H3,(H,25,26). The third kappa shape index (κ3) is 3.55. The number of H-pyrrole nitrogens is 1. The number of amides is 1. The summed E-state index contributed by atoms with van der Waals surface area (Å²) in [5, 5.41) is 19.0. The molecule has 1 aliphatic heterocycles. The number of aromatic nitrogens is 2. The average Bonchev–Trinajstić information content (AvgIpc) is 3.25. The van der Waals surface area contributed by atoms with E-state index in [0.29, 0.717) is 46.6 Å². The van der Waals surface area contributed by atoms with E-state index in [2.05, 4.69) is 10.2 Å². The van der Waals surface area contributed by atoms with Crippen LogP contribution in [0.4, 0.5) is 0 Å². The lowest BCUT2D eigenvalue weighted by atomic mass is 9.95. The van der Waals surface area contributed by atoms with Crippen LogP contribution in [-0.2, 0) is 4.74 Å². The summed E-state index contributed by atoms with van der Waals surface area (Å²) in [6.45, 7) is 2.88. The summed E-state index contributed by atoms with van der Waals surface area (Å²) in [5.74, 6) is -0.0798. The second-order valence-corrected chi connectivity index (χ2v) is 8.12. The molecule has 0 spiro atoms. The molecule has 1 atom stereocenters. The Bertz CT molecular complexity index is 1100. The van der Waals surface area contributed by atoms with Gasteiger partial charge in [-0.05, 0) is 48.7 Å². The number of benzene rings is 2. The number of aromatic hydroxyl groups is 1. The molecule has 0 radical (unpaired) electrons. The molecule has 3 aromatic rings. The maximum absolute atomic E-state index is 13.2. The number of phenolic OH excluding ortho intramolecular Hbond substituents is 1. The minimum Gasteiger partial charge on any atom is -0.507 e. The Labute approximate surface area is 184 Å². The van der Waals surface area contributed by atoms with Crippen molar-refractivity contribution in [3.63, 3.8) is 0 Å². The first kappa shape index (κ1) is 20.7. The number of rotatable bonds is 6. The number of carbonyl (C=O) groups is 1. The van der Waals surface area contributed by atoms with Crippen LogP contribution in [0.1, 0.15) is 39.6 Å². The predicted octanol–water partition coefficient (Wildman–Crippen LogP) is 4.98. The molecule has 1 unspecified atom stereocenters. The highest BCUT2D eigenvalue weighted by molar-refractivity contribution is 6.31. The van der Waals surface area contributed by atoms with Gasteiger partial charge in [-0.15, -0.1) is 0 Å². The van der Waals surface area contributed by atoms with Crippen molar-refractivity contribution in [1.29, 1.82) is 0 Å². The summed E-state index contributed by atoms with van der Waals surface area (Å²) in [6, 6.07) is 10.3. The Morgan fingerprint density at radius 2 is 1.97 bits per heavy atom. The van der Waals surface area contributed by atoms with Gasteiger partial charge in [-0.25, -0.2) is 0 Å². The third-order valence-corrected chi connectivity index (χ3v) is 5.99. The number of nitrogens with one attached hydrogen (secondary N) is 1. The number of halogens is 2. The molecule has 2 N–H and O–H groups in total. The quantitative estimate of drug-likeness (QED) is 0.524. The summed E-state index contributed by atoms with van der Waals surface area (Å²) in [6.07, 6.45) is 0.695. The van der Waals surface area contributed by atoms with Crippen LogP contribution < -0.4 is 0 Å². The number of ether oxygens (including phenoxy) is 1. The topological polar surface area (TPSA) is 78.5 Å². The van der Waals surface area contributed by atoms with E-state index in [9.17, 15) is 9.90 Å².